The second kappa shape index (κ2) is 10.2. The Morgan fingerprint density at radius 2 is 0.851 bits per heavy atom. The number of rotatable bonds is 3. The fourth-order valence-corrected chi connectivity index (χ4v) is 7.73. The summed E-state index contributed by atoms with van der Waals surface area (Å²) in [5.41, 5.74) is 9.06. The van der Waals surface area contributed by atoms with E-state index in [4.69, 9.17) is 4.42 Å². The summed E-state index contributed by atoms with van der Waals surface area (Å²) in [5.74, 6) is 0. The molecule has 0 aliphatic heterocycles. The third-order valence-electron chi connectivity index (χ3n) is 9.80. The van der Waals surface area contributed by atoms with Gasteiger partial charge < -0.3 is 4.42 Å². The Labute approximate surface area is 271 Å². The summed E-state index contributed by atoms with van der Waals surface area (Å²) in [4.78, 5) is 0. The van der Waals surface area contributed by atoms with Gasteiger partial charge in [-0.25, -0.2) is 0 Å². The first-order valence-corrected chi connectivity index (χ1v) is 16.2. The minimum absolute atomic E-state index is 0.914. The molecular weight excluding hydrogens is 569 g/mol. The van der Waals surface area contributed by atoms with Crippen LogP contribution in [0.1, 0.15) is 0 Å². The Morgan fingerprint density at radius 1 is 0.319 bits per heavy atom. The Bertz CT molecular complexity index is 2800. The van der Waals surface area contributed by atoms with Gasteiger partial charge in [-0.15, -0.1) is 0 Å². The quantitative estimate of drug-likeness (QED) is 0.185. The van der Waals surface area contributed by atoms with E-state index < -0.39 is 0 Å². The molecule has 0 spiro atoms. The van der Waals surface area contributed by atoms with Crippen LogP contribution in [0.3, 0.4) is 0 Å². The first-order valence-electron chi connectivity index (χ1n) is 16.2. The van der Waals surface area contributed by atoms with Crippen molar-refractivity contribution in [3.8, 4) is 33.4 Å². The lowest BCUT2D eigenvalue weighted by Gasteiger charge is -2.18. The second-order valence-corrected chi connectivity index (χ2v) is 12.4. The Kier molecular flexibility index (Phi) is 5.64. The van der Waals surface area contributed by atoms with E-state index in [0.717, 1.165) is 27.7 Å². The van der Waals surface area contributed by atoms with Crippen LogP contribution in [0.25, 0.3) is 98.4 Å². The predicted molar refractivity (Wildman–Crippen MR) is 200 cm³/mol. The molecule has 1 heterocycles. The summed E-state index contributed by atoms with van der Waals surface area (Å²) in [6.45, 7) is 0. The first-order chi connectivity index (χ1) is 23.3. The number of para-hydroxylation sites is 1. The Balaban J connectivity index is 1.25. The van der Waals surface area contributed by atoms with Crippen molar-refractivity contribution in [2.45, 2.75) is 0 Å². The number of benzene rings is 9. The van der Waals surface area contributed by atoms with Gasteiger partial charge in [-0.2, -0.15) is 0 Å². The molecule has 0 atom stereocenters. The van der Waals surface area contributed by atoms with Gasteiger partial charge in [0.2, 0.25) is 0 Å². The van der Waals surface area contributed by atoms with Gasteiger partial charge in [-0.05, 0) is 95.2 Å². The molecule has 9 aromatic carbocycles. The molecule has 0 radical (unpaired) electrons. The lowest BCUT2D eigenvalue weighted by Crippen LogP contribution is -1.91. The van der Waals surface area contributed by atoms with Gasteiger partial charge in [0.25, 0.3) is 0 Å². The normalized spacial score (nSPS) is 11.8. The summed E-state index contributed by atoms with van der Waals surface area (Å²) < 4.78 is 6.63. The molecular formula is C46H28O. The minimum atomic E-state index is 0.914. The van der Waals surface area contributed by atoms with Crippen molar-refractivity contribution in [1.29, 1.82) is 0 Å². The van der Waals surface area contributed by atoms with Crippen molar-refractivity contribution in [3.05, 3.63) is 170 Å². The topological polar surface area (TPSA) is 13.1 Å². The maximum atomic E-state index is 6.63. The van der Waals surface area contributed by atoms with E-state index >= 15 is 0 Å². The van der Waals surface area contributed by atoms with Crippen molar-refractivity contribution in [2.75, 3.05) is 0 Å². The molecule has 0 saturated heterocycles. The van der Waals surface area contributed by atoms with E-state index in [0.29, 0.717) is 0 Å². The lowest BCUT2D eigenvalue weighted by atomic mass is 9.85. The van der Waals surface area contributed by atoms with Crippen LogP contribution >= 0.6 is 0 Å². The first kappa shape index (κ1) is 26.1. The highest BCUT2D eigenvalue weighted by atomic mass is 16.3. The van der Waals surface area contributed by atoms with Crippen LogP contribution in [0.2, 0.25) is 0 Å². The standard InChI is InChI=1S/C46H28O/c1-2-13-30-26-34(25-24-29(30)12-1)44-38-20-7-5-18-36(38)43(37-19-6-8-21-39(37)44)33-16-11-15-31(27-33)41-28-32-14-3-4-17-35(32)45-40-22-9-10-23-42(40)47-46(41)45/h1-28H. The van der Waals surface area contributed by atoms with Crippen LogP contribution in [-0.2, 0) is 0 Å². The molecule has 0 fully saturated rings. The van der Waals surface area contributed by atoms with Crippen molar-refractivity contribution in [3.63, 3.8) is 0 Å². The maximum absolute atomic E-state index is 6.63. The van der Waals surface area contributed by atoms with E-state index in [1.807, 2.05) is 6.07 Å². The van der Waals surface area contributed by atoms with E-state index in [2.05, 4.69) is 164 Å². The van der Waals surface area contributed by atoms with E-state index in [1.165, 1.54) is 70.7 Å². The van der Waals surface area contributed by atoms with Gasteiger partial charge in [0, 0.05) is 16.3 Å². The minimum Gasteiger partial charge on any atom is -0.455 e. The van der Waals surface area contributed by atoms with Crippen molar-refractivity contribution >= 4 is 65.0 Å². The zero-order valence-electron chi connectivity index (χ0n) is 25.6. The third kappa shape index (κ3) is 3.97. The van der Waals surface area contributed by atoms with Gasteiger partial charge in [0.05, 0.1) is 0 Å². The monoisotopic (exact) mass is 596 g/mol. The Morgan fingerprint density at radius 3 is 1.55 bits per heavy atom. The summed E-state index contributed by atoms with van der Waals surface area (Å²) in [5, 5.41) is 12.3. The van der Waals surface area contributed by atoms with Gasteiger partial charge >= 0.3 is 0 Å². The number of fused-ring (bicyclic) bond motifs is 8. The van der Waals surface area contributed by atoms with Crippen LogP contribution in [0.5, 0.6) is 0 Å². The fraction of sp³-hybridized carbons (Fsp3) is 0. The van der Waals surface area contributed by atoms with Crippen molar-refractivity contribution in [2.24, 2.45) is 0 Å². The van der Waals surface area contributed by atoms with E-state index in [-0.39, 0.29) is 0 Å². The smallest absolute Gasteiger partial charge is 0.143 e. The SMILES string of the molecule is c1cc(-c2c3ccccc3c(-c3ccc4ccccc4c3)c3ccccc23)cc(-c2cc3ccccc3c3c2oc2ccccc23)c1. The summed E-state index contributed by atoms with van der Waals surface area (Å²) >= 11 is 0. The van der Waals surface area contributed by atoms with Crippen LogP contribution in [-0.4, -0.2) is 0 Å². The van der Waals surface area contributed by atoms with Crippen LogP contribution in [0.4, 0.5) is 0 Å². The third-order valence-corrected chi connectivity index (χ3v) is 9.80. The van der Waals surface area contributed by atoms with Crippen molar-refractivity contribution < 1.29 is 4.42 Å². The van der Waals surface area contributed by atoms with Crippen LogP contribution in [0, 0.1) is 0 Å². The number of hydrogen-bond acceptors (Lipinski definition) is 1. The second-order valence-electron chi connectivity index (χ2n) is 12.4. The molecule has 0 saturated carbocycles. The zero-order chi connectivity index (χ0) is 30.9. The van der Waals surface area contributed by atoms with Crippen molar-refractivity contribution in [1.82, 2.24) is 0 Å². The molecule has 218 valence electrons. The lowest BCUT2D eigenvalue weighted by molar-refractivity contribution is 0.670. The van der Waals surface area contributed by atoms with E-state index in [1.54, 1.807) is 0 Å². The average Bonchev–Trinajstić information content (AvgIpc) is 3.53. The maximum Gasteiger partial charge on any atom is 0.143 e. The zero-order valence-corrected chi connectivity index (χ0v) is 25.6. The molecule has 1 nitrogen and oxygen atoms in total. The molecule has 0 aliphatic rings. The number of furan rings is 1. The van der Waals surface area contributed by atoms with E-state index in [9.17, 15) is 0 Å². The van der Waals surface area contributed by atoms with Crippen LogP contribution < -0.4 is 0 Å². The molecule has 0 bridgehead atoms. The molecule has 10 aromatic rings. The summed E-state index contributed by atoms with van der Waals surface area (Å²) in [6.07, 6.45) is 0. The largest absolute Gasteiger partial charge is 0.455 e. The van der Waals surface area contributed by atoms with Gasteiger partial charge in [0.15, 0.2) is 0 Å². The predicted octanol–water partition coefficient (Wildman–Crippen LogP) is 13.2. The summed E-state index contributed by atoms with van der Waals surface area (Å²) in [6, 6.07) is 61.5. The highest BCUT2D eigenvalue weighted by Crippen LogP contribution is 2.46. The highest BCUT2D eigenvalue weighted by Gasteiger charge is 2.19. The molecule has 1 aromatic heterocycles. The summed E-state index contributed by atoms with van der Waals surface area (Å²) in [7, 11) is 0. The molecule has 0 unspecified atom stereocenters. The molecule has 47 heavy (non-hydrogen) atoms. The molecule has 0 amide bonds. The van der Waals surface area contributed by atoms with Gasteiger partial charge in [-0.1, -0.05) is 146 Å². The Hall–Kier alpha value is -6.18. The molecule has 0 N–H and O–H groups in total. The molecule has 10 rings (SSSR count). The fourth-order valence-electron chi connectivity index (χ4n) is 7.73. The molecule has 0 aliphatic carbocycles. The van der Waals surface area contributed by atoms with Gasteiger partial charge in [0.1, 0.15) is 11.2 Å². The molecule has 1 heteroatoms. The average molecular weight is 597 g/mol. The van der Waals surface area contributed by atoms with Gasteiger partial charge in [-0.3, -0.25) is 0 Å². The van der Waals surface area contributed by atoms with Crippen LogP contribution in [0.15, 0.2) is 174 Å². The highest BCUT2D eigenvalue weighted by molar-refractivity contribution is 6.24. The number of hydrogen-bond donors (Lipinski definition) is 0.